The molecule has 0 saturated carbocycles. The highest BCUT2D eigenvalue weighted by molar-refractivity contribution is 5.80. The molecule has 0 aliphatic carbocycles. The summed E-state index contributed by atoms with van der Waals surface area (Å²) in [6.07, 6.45) is 5.49. The van der Waals surface area contributed by atoms with Gasteiger partial charge in [0.2, 0.25) is 5.91 Å². The summed E-state index contributed by atoms with van der Waals surface area (Å²) in [7, 11) is 0. The third-order valence-electron chi connectivity index (χ3n) is 5.54. The predicted molar refractivity (Wildman–Crippen MR) is 98.9 cm³/mol. The SMILES string of the molecule is CC(C)n1nccc1[C@H]1OCC[C@@H]1C(=O)N[C@H](C)c1nnc2n1CCCC2. The maximum absolute atomic E-state index is 13.0. The zero-order valence-corrected chi connectivity index (χ0v) is 16.3. The number of nitrogens with one attached hydrogen (secondary N) is 1. The first-order valence-electron chi connectivity index (χ1n) is 9.93. The molecule has 146 valence electrons. The highest BCUT2D eigenvalue weighted by atomic mass is 16.5. The number of carbonyl (C=O) groups is 1. The van der Waals surface area contributed by atoms with Crippen molar-refractivity contribution in [3.8, 4) is 0 Å². The summed E-state index contributed by atoms with van der Waals surface area (Å²) in [6.45, 7) is 7.66. The zero-order valence-electron chi connectivity index (χ0n) is 16.3. The van der Waals surface area contributed by atoms with E-state index in [0.29, 0.717) is 13.0 Å². The number of rotatable bonds is 5. The number of ether oxygens (including phenoxy) is 1. The summed E-state index contributed by atoms with van der Waals surface area (Å²) >= 11 is 0. The Morgan fingerprint density at radius 3 is 2.96 bits per heavy atom. The molecule has 0 radical (unpaired) electrons. The fourth-order valence-electron chi connectivity index (χ4n) is 4.17. The molecule has 0 unspecified atom stereocenters. The van der Waals surface area contributed by atoms with Gasteiger partial charge >= 0.3 is 0 Å². The van der Waals surface area contributed by atoms with Gasteiger partial charge in [-0.3, -0.25) is 9.48 Å². The van der Waals surface area contributed by atoms with Crippen LogP contribution in [0, 0.1) is 5.92 Å². The summed E-state index contributed by atoms with van der Waals surface area (Å²) in [6, 6.07) is 2.01. The van der Waals surface area contributed by atoms with Crippen LogP contribution < -0.4 is 5.32 Å². The van der Waals surface area contributed by atoms with E-state index in [0.717, 1.165) is 43.1 Å². The predicted octanol–water partition coefficient (Wildman–Crippen LogP) is 2.35. The van der Waals surface area contributed by atoms with Gasteiger partial charge in [0.15, 0.2) is 5.82 Å². The second-order valence-corrected chi connectivity index (χ2v) is 7.79. The van der Waals surface area contributed by atoms with Crippen molar-refractivity contribution in [3.63, 3.8) is 0 Å². The van der Waals surface area contributed by atoms with Gasteiger partial charge in [-0.25, -0.2) is 0 Å². The van der Waals surface area contributed by atoms with Crippen molar-refractivity contribution in [2.75, 3.05) is 6.61 Å². The summed E-state index contributed by atoms with van der Waals surface area (Å²) in [4.78, 5) is 13.0. The number of hydrogen-bond donors (Lipinski definition) is 1. The van der Waals surface area contributed by atoms with Crippen LogP contribution in [0.4, 0.5) is 0 Å². The van der Waals surface area contributed by atoms with E-state index in [1.165, 1.54) is 0 Å². The summed E-state index contributed by atoms with van der Waals surface area (Å²) in [5.74, 6) is 1.67. The Kier molecular flexibility index (Phi) is 4.99. The number of nitrogens with zero attached hydrogens (tertiary/aromatic N) is 5. The van der Waals surface area contributed by atoms with E-state index in [-0.39, 0.29) is 30.0 Å². The fourth-order valence-corrected chi connectivity index (χ4v) is 4.17. The molecule has 8 nitrogen and oxygen atoms in total. The largest absolute Gasteiger partial charge is 0.371 e. The van der Waals surface area contributed by atoms with E-state index in [1.807, 2.05) is 17.7 Å². The lowest BCUT2D eigenvalue weighted by molar-refractivity contribution is -0.127. The monoisotopic (exact) mass is 372 g/mol. The average Bonchev–Trinajstić information content (AvgIpc) is 3.38. The van der Waals surface area contributed by atoms with Crippen molar-refractivity contribution in [1.29, 1.82) is 0 Å². The zero-order chi connectivity index (χ0) is 19.0. The minimum Gasteiger partial charge on any atom is -0.371 e. The van der Waals surface area contributed by atoms with Crippen LogP contribution in [-0.4, -0.2) is 37.1 Å². The van der Waals surface area contributed by atoms with Crippen LogP contribution in [0.1, 0.15) is 75.6 Å². The molecule has 1 saturated heterocycles. The third kappa shape index (κ3) is 3.38. The Hall–Kier alpha value is -2.22. The highest BCUT2D eigenvalue weighted by Gasteiger charge is 2.38. The second kappa shape index (κ2) is 7.42. The van der Waals surface area contributed by atoms with Crippen molar-refractivity contribution in [1.82, 2.24) is 29.9 Å². The molecule has 8 heteroatoms. The quantitative estimate of drug-likeness (QED) is 0.870. The van der Waals surface area contributed by atoms with Gasteiger partial charge in [-0.2, -0.15) is 5.10 Å². The molecular formula is C19H28N6O2. The van der Waals surface area contributed by atoms with E-state index in [4.69, 9.17) is 4.74 Å². The molecule has 3 atom stereocenters. The van der Waals surface area contributed by atoms with Crippen LogP contribution in [0.5, 0.6) is 0 Å². The summed E-state index contributed by atoms with van der Waals surface area (Å²) in [5, 5.41) is 16.2. The smallest absolute Gasteiger partial charge is 0.226 e. The highest BCUT2D eigenvalue weighted by Crippen LogP contribution is 2.36. The molecule has 0 bridgehead atoms. The van der Waals surface area contributed by atoms with Gasteiger partial charge in [0.25, 0.3) is 0 Å². The average molecular weight is 372 g/mol. The van der Waals surface area contributed by atoms with Crippen LogP contribution in [0.3, 0.4) is 0 Å². The molecule has 27 heavy (non-hydrogen) atoms. The van der Waals surface area contributed by atoms with Gasteiger partial charge in [-0.05, 0) is 46.1 Å². The maximum Gasteiger partial charge on any atom is 0.226 e. The molecule has 4 heterocycles. The Bertz CT molecular complexity index is 811. The Balaban J connectivity index is 1.49. The van der Waals surface area contributed by atoms with Crippen molar-refractivity contribution in [2.45, 2.75) is 71.2 Å². The summed E-state index contributed by atoms with van der Waals surface area (Å²) < 4.78 is 10.0. The molecule has 2 aromatic rings. The lowest BCUT2D eigenvalue weighted by Crippen LogP contribution is -2.36. The van der Waals surface area contributed by atoms with Gasteiger partial charge in [0, 0.05) is 31.8 Å². The molecule has 1 N–H and O–H groups in total. The molecule has 4 rings (SSSR count). The first-order valence-corrected chi connectivity index (χ1v) is 9.93. The molecule has 1 amide bonds. The van der Waals surface area contributed by atoms with E-state index < -0.39 is 0 Å². The molecular weight excluding hydrogens is 344 g/mol. The normalized spacial score (nSPS) is 23.4. The number of fused-ring (bicyclic) bond motifs is 1. The first-order chi connectivity index (χ1) is 13.1. The third-order valence-corrected chi connectivity index (χ3v) is 5.54. The lowest BCUT2D eigenvalue weighted by Gasteiger charge is -2.23. The van der Waals surface area contributed by atoms with Gasteiger partial charge in [-0.15, -0.1) is 10.2 Å². The van der Waals surface area contributed by atoms with Gasteiger partial charge in [0.05, 0.1) is 17.7 Å². The van der Waals surface area contributed by atoms with Crippen molar-refractivity contribution in [2.24, 2.45) is 5.92 Å². The minimum absolute atomic E-state index is 0.00895. The molecule has 1 fully saturated rings. The maximum atomic E-state index is 13.0. The van der Waals surface area contributed by atoms with Crippen LogP contribution in [-0.2, 0) is 22.5 Å². The molecule has 0 spiro atoms. The van der Waals surface area contributed by atoms with Crippen molar-refractivity contribution < 1.29 is 9.53 Å². The molecule has 0 aromatic carbocycles. The van der Waals surface area contributed by atoms with Crippen LogP contribution in [0.15, 0.2) is 12.3 Å². The standard InChI is InChI=1S/C19H28N6O2/c1-12(2)25-15(7-9-20-25)17-14(8-11-27-17)19(26)21-13(3)18-23-22-16-6-4-5-10-24(16)18/h7,9,12-14,17H,4-6,8,10-11H2,1-3H3,(H,21,26)/t13-,14+,17+/m1/s1. The molecule has 2 aliphatic heterocycles. The second-order valence-electron chi connectivity index (χ2n) is 7.79. The minimum atomic E-state index is -0.255. The Labute approximate surface area is 159 Å². The Morgan fingerprint density at radius 1 is 1.30 bits per heavy atom. The number of aryl methyl sites for hydroxylation is 1. The molecule has 2 aliphatic rings. The summed E-state index contributed by atoms with van der Waals surface area (Å²) in [5.41, 5.74) is 0.968. The van der Waals surface area contributed by atoms with Crippen LogP contribution >= 0.6 is 0 Å². The topological polar surface area (TPSA) is 86.9 Å². The van der Waals surface area contributed by atoms with Gasteiger partial charge in [-0.1, -0.05) is 0 Å². The lowest BCUT2D eigenvalue weighted by atomic mass is 9.97. The van der Waals surface area contributed by atoms with E-state index in [9.17, 15) is 4.79 Å². The van der Waals surface area contributed by atoms with E-state index in [2.05, 4.69) is 39.0 Å². The van der Waals surface area contributed by atoms with Gasteiger partial charge < -0.3 is 14.6 Å². The number of amides is 1. The Morgan fingerprint density at radius 2 is 2.15 bits per heavy atom. The number of carbonyl (C=O) groups excluding carboxylic acids is 1. The van der Waals surface area contributed by atoms with Crippen molar-refractivity contribution in [3.05, 3.63) is 29.6 Å². The molecule has 2 aromatic heterocycles. The van der Waals surface area contributed by atoms with Crippen LogP contribution in [0.2, 0.25) is 0 Å². The van der Waals surface area contributed by atoms with Gasteiger partial charge in [0.1, 0.15) is 11.9 Å². The first kappa shape index (κ1) is 18.2. The van der Waals surface area contributed by atoms with Crippen LogP contribution in [0.25, 0.3) is 0 Å². The fraction of sp³-hybridized carbons (Fsp3) is 0.684. The number of aromatic nitrogens is 5. The van der Waals surface area contributed by atoms with E-state index >= 15 is 0 Å². The number of hydrogen-bond acceptors (Lipinski definition) is 5. The van der Waals surface area contributed by atoms with Crippen molar-refractivity contribution >= 4 is 5.91 Å². The van der Waals surface area contributed by atoms with E-state index in [1.54, 1.807) is 6.20 Å².